The quantitative estimate of drug-likeness (QED) is 0.484. The molecular formula is C26H27N5O2. The number of imidazole rings is 1. The van der Waals surface area contributed by atoms with Crippen LogP contribution in [0.3, 0.4) is 0 Å². The number of aromatic nitrogens is 4. The maximum Gasteiger partial charge on any atom is 0.332 e. The number of benzene rings is 2. The van der Waals surface area contributed by atoms with Crippen molar-refractivity contribution in [1.82, 2.24) is 18.7 Å². The fraction of sp³-hybridized carbons (Fsp3) is 0.269. The van der Waals surface area contributed by atoms with Crippen molar-refractivity contribution in [3.63, 3.8) is 0 Å². The number of fused-ring (bicyclic) bond motifs is 3. The van der Waals surface area contributed by atoms with Crippen LogP contribution in [0.2, 0.25) is 0 Å². The molecule has 0 saturated heterocycles. The van der Waals surface area contributed by atoms with Crippen LogP contribution in [0.25, 0.3) is 17.2 Å². The molecule has 4 aromatic rings. The van der Waals surface area contributed by atoms with Gasteiger partial charge < -0.3 is 9.47 Å². The Labute approximate surface area is 191 Å². The third kappa shape index (κ3) is 3.69. The van der Waals surface area contributed by atoms with E-state index in [1.807, 2.05) is 53.1 Å². The molecule has 1 aliphatic heterocycles. The molecule has 0 aliphatic carbocycles. The highest BCUT2D eigenvalue weighted by Gasteiger charge is 2.29. The minimum atomic E-state index is -0.365. The molecule has 3 heterocycles. The smallest absolute Gasteiger partial charge is 0.312 e. The summed E-state index contributed by atoms with van der Waals surface area (Å²) in [5, 5.41) is 0. The fourth-order valence-electron chi connectivity index (χ4n) is 4.54. The van der Waals surface area contributed by atoms with Crippen molar-refractivity contribution in [3.8, 4) is 0 Å². The molecule has 7 nitrogen and oxygen atoms in total. The van der Waals surface area contributed by atoms with E-state index in [1.54, 1.807) is 7.05 Å². The number of hydrogen-bond donors (Lipinski definition) is 0. The molecule has 1 atom stereocenters. The molecule has 5 rings (SSSR count). The van der Waals surface area contributed by atoms with E-state index in [-0.39, 0.29) is 17.8 Å². The molecule has 7 heteroatoms. The summed E-state index contributed by atoms with van der Waals surface area (Å²) in [6.07, 6.45) is 3.77. The zero-order valence-corrected chi connectivity index (χ0v) is 19.1. The maximum absolute atomic E-state index is 13.5. The Hall–Kier alpha value is -3.87. The number of anilines is 2. The van der Waals surface area contributed by atoms with Crippen LogP contribution in [-0.4, -0.2) is 25.2 Å². The first-order chi connectivity index (χ1) is 15.9. The number of aryl methyl sites for hydroxylation is 2. The average Bonchev–Trinajstić information content (AvgIpc) is 3.19. The third-order valence-corrected chi connectivity index (χ3v) is 6.15. The van der Waals surface area contributed by atoms with Crippen molar-refractivity contribution < 1.29 is 0 Å². The molecule has 0 spiro atoms. The molecule has 0 bridgehead atoms. The van der Waals surface area contributed by atoms with E-state index in [0.29, 0.717) is 29.6 Å². The second kappa shape index (κ2) is 8.24. The summed E-state index contributed by atoms with van der Waals surface area (Å²) in [7, 11) is 1.68. The molecule has 1 unspecified atom stereocenters. The van der Waals surface area contributed by atoms with Gasteiger partial charge >= 0.3 is 5.69 Å². The largest absolute Gasteiger partial charge is 0.332 e. The Balaban J connectivity index is 1.64. The Morgan fingerprint density at radius 3 is 2.61 bits per heavy atom. The lowest BCUT2D eigenvalue weighted by atomic mass is 10.1. The van der Waals surface area contributed by atoms with Crippen molar-refractivity contribution >= 4 is 28.9 Å². The van der Waals surface area contributed by atoms with Gasteiger partial charge in [0.2, 0.25) is 5.95 Å². The molecule has 1 aliphatic rings. The highest BCUT2D eigenvalue weighted by molar-refractivity contribution is 5.77. The van der Waals surface area contributed by atoms with E-state index >= 15 is 0 Å². The number of allylic oxidation sites excluding steroid dienone is 1. The van der Waals surface area contributed by atoms with Crippen molar-refractivity contribution in [2.24, 2.45) is 13.0 Å². The fourth-order valence-corrected chi connectivity index (χ4v) is 4.54. The summed E-state index contributed by atoms with van der Waals surface area (Å²) in [5.41, 5.74) is 3.45. The second-order valence-electron chi connectivity index (χ2n) is 8.82. The minimum Gasteiger partial charge on any atom is -0.312 e. The Bertz CT molecular complexity index is 1480. The van der Waals surface area contributed by atoms with Crippen LogP contribution in [0.5, 0.6) is 0 Å². The van der Waals surface area contributed by atoms with Crippen LogP contribution >= 0.6 is 0 Å². The van der Waals surface area contributed by atoms with Gasteiger partial charge in [0.25, 0.3) is 5.56 Å². The van der Waals surface area contributed by atoms with Crippen molar-refractivity contribution in [1.29, 1.82) is 0 Å². The Morgan fingerprint density at radius 1 is 1.06 bits per heavy atom. The van der Waals surface area contributed by atoms with E-state index in [9.17, 15) is 9.59 Å². The number of hydrogen-bond acceptors (Lipinski definition) is 4. The second-order valence-corrected chi connectivity index (χ2v) is 8.82. The molecule has 0 saturated carbocycles. The Kier molecular flexibility index (Phi) is 5.24. The zero-order chi connectivity index (χ0) is 23.1. The first-order valence-corrected chi connectivity index (χ1v) is 11.2. The van der Waals surface area contributed by atoms with Gasteiger partial charge in [0.1, 0.15) is 0 Å². The topological polar surface area (TPSA) is 65.1 Å². The van der Waals surface area contributed by atoms with Gasteiger partial charge in [-0.05, 0) is 36.1 Å². The Morgan fingerprint density at radius 2 is 1.85 bits per heavy atom. The zero-order valence-electron chi connectivity index (χ0n) is 19.1. The lowest BCUT2D eigenvalue weighted by Crippen LogP contribution is -2.40. The molecule has 0 fully saturated rings. The standard InChI is InChI=1S/C26H27N5O2/c1-18-9-7-13-21(15-18)30-16-19(2)17-31-22-23(27-25(30)31)28(3)26(33)29(24(22)32)14-8-12-20-10-5-4-6-11-20/h4-13,15,19H,14,16-17H2,1-3H3/b12-8+. The van der Waals surface area contributed by atoms with Crippen molar-refractivity contribution in [2.75, 3.05) is 11.4 Å². The minimum absolute atomic E-state index is 0.202. The van der Waals surface area contributed by atoms with Gasteiger partial charge in [-0.3, -0.25) is 13.9 Å². The third-order valence-electron chi connectivity index (χ3n) is 6.15. The highest BCUT2D eigenvalue weighted by Crippen LogP contribution is 2.33. The summed E-state index contributed by atoms with van der Waals surface area (Å²) < 4.78 is 4.75. The SMILES string of the molecule is Cc1cccc(N2CC(C)Cn3c2nc2c3c(=O)n(C/C=C/c3ccccc3)c(=O)n2C)c1. The normalized spacial score (nSPS) is 16.0. The van der Waals surface area contributed by atoms with Crippen molar-refractivity contribution in [3.05, 3.63) is 92.6 Å². The van der Waals surface area contributed by atoms with Gasteiger partial charge in [0, 0.05) is 32.4 Å². The summed E-state index contributed by atoms with van der Waals surface area (Å²) >= 11 is 0. The molecule has 168 valence electrons. The van der Waals surface area contributed by atoms with E-state index in [2.05, 4.69) is 36.9 Å². The first kappa shape index (κ1) is 21.0. The summed E-state index contributed by atoms with van der Waals surface area (Å²) in [6.45, 7) is 5.91. The predicted molar refractivity (Wildman–Crippen MR) is 132 cm³/mol. The van der Waals surface area contributed by atoms with Crippen molar-refractivity contribution in [2.45, 2.75) is 26.9 Å². The molecule has 0 radical (unpaired) electrons. The lowest BCUT2D eigenvalue weighted by Gasteiger charge is -2.33. The number of nitrogens with zero attached hydrogens (tertiary/aromatic N) is 5. The van der Waals surface area contributed by atoms with Gasteiger partial charge in [-0.1, -0.05) is 61.5 Å². The van der Waals surface area contributed by atoms with Crippen LogP contribution in [0, 0.1) is 12.8 Å². The van der Waals surface area contributed by atoms with E-state index < -0.39 is 0 Å². The van der Waals surface area contributed by atoms with Gasteiger partial charge in [-0.2, -0.15) is 4.98 Å². The van der Waals surface area contributed by atoms with Gasteiger partial charge in [-0.15, -0.1) is 0 Å². The first-order valence-electron chi connectivity index (χ1n) is 11.2. The van der Waals surface area contributed by atoms with Crippen LogP contribution in [-0.2, 0) is 20.1 Å². The van der Waals surface area contributed by atoms with Crippen LogP contribution in [0.15, 0.2) is 70.3 Å². The van der Waals surface area contributed by atoms with Crippen LogP contribution in [0.4, 0.5) is 11.6 Å². The highest BCUT2D eigenvalue weighted by atomic mass is 16.2. The average molecular weight is 442 g/mol. The van der Waals surface area contributed by atoms with Gasteiger partial charge in [0.05, 0.1) is 0 Å². The van der Waals surface area contributed by atoms with E-state index in [1.165, 1.54) is 9.13 Å². The lowest BCUT2D eigenvalue weighted by molar-refractivity contribution is 0.458. The maximum atomic E-state index is 13.5. The summed E-state index contributed by atoms with van der Waals surface area (Å²) in [4.78, 5) is 33.5. The summed E-state index contributed by atoms with van der Waals surface area (Å²) in [6, 6.07) is 18.1. The van der Waals surface area contributed by atoms with E-state index in [4.69, 9.17) is 4.98 Å². The monoisotopic (exact) mass is 441 g/mol. The van der Waals surface area contributed by atoms with Gasteiger partial charge in [0.15, 0.2) is 11.2 Å². The molecule has 2 aromatic heterocycles. The van der Waals surface area contributed by atoms with Crippen LogP contribution in [0.1, 0.15) is 18.1 Å². The van der Waals surface area contributed by atoms with Crippen LogP contribution < -0.4 is 16.1 Å². The molecule has 2 aromatic carbocycles. The molecule has 0 N–H and O–H groups in total. The summed E-state index contributed by atoms with van der Waals surface area (Å²) in [5.74, 6) is 1.02. The molecule has 0 amide bonds. The predicted octanol–water partition coefficient (Wildman–Crippen LogP) is 3.71. The van der Waals surface area contributed by atoms with Gasteiger partial charge in [-0.25, -0.2) is 4.79 Å². The molecular weight excluding hydrogens is 414 g/mol. The van der Waals surface area contributed by atoms with E-state index in [0.717, 1.165) is 23.4 Å². The molecule has 33 heavy (non-hydrogen) atoms. The number of rotatable bonds is 4.